The first-order valence-electron chi connectivity index (χ1n) is 4.68. The van der Waals surface area contributed by atoms with Gasteiger partial charge in [0.05, 0.1) is 22.8 Å². The van der Waals surface area contributed by atoms with Gasteiger partial charge >= 0.3 is 0 Å². The van der Waals surface area contributed by atoms with Crippen LogP contribution < -0.4 is 0 Å². The fourth-order valence-corrected chi connectivity index (χ4v) is 1.44. The Morgan fingerprint density at radius 3 is 2.86 bits per heavy atom. The molecule has 0 radical (unpaired) electrons. The Hall–Kier alpha value is -0.960. The first-order valence-corrected chi connectivity index (χ1v) is 5.06. The Kier molecular flexibility index (Phi) is 2.50. The van der Waals surface area contributed by atoms with E-state index in [2.05, 4.69) is 10.2 Å². The average Bonchev–Trinajstić information content (AvgIpc) is 2.94. The maximum atomic E-state index is 11.5. The molecule has 0 aromatic carbocycles. The molecular formula is C10H11ClN2O. The topological polar surface area (TPSA) is 42.9 Å². The summed E-state index contributed by atoms with van der Waals surface area (Å²) in [6.07, 6.45) is 2.44. The molecule has 0 bridgehead atoms. The van der Waals surface area contributed by atoms with Crippen molar-refractivity contribution in [3.05, 3.63) is 22.5 Å². The summed E-state index contributed by atoms with van der Waals surface area (Å²) in [4.78, 5) is 11.5. The Morgan fingerprint density at radius 1 is 1.57 bits per heavy atom. The van der Waals surface area contributed by atoms with Gasteiger partial charge in [-0.05, 0) is 25.8 Å². The fraction of sp³-hybridized carbons (Fsp3) is 0.500. The van der Waals surface area contributed by atoms with E-state index in [0.29, 0.717) is 22.8 Å². The maximum absolute atomic E-state index is 11.5. The van der Waals surface area contributed by atoms with Crippen LogP contribution in [0.3, 0.4) is 0 Å². The van der Waals surface area contributed by atoms with Crippen molar-refractivity contribution in [1.29, 1.82) is 0 Å². The number of hydrogen-bond acceptors (Lipinski definition) is 3. The van der Waals surface area contributed by atoms with Crippen molar-refractivity contribution in [1.82, 2.24) is 10.2 Å². The van der Waals surface area contributed by atoms with E-state index >= 15 is 0 Å². The Labute approximate surface area is 87.5 Å². The first-order chi connectivity index (χ1) is 6.66. The Bertz CT molecular complexity index is 374. The fourth-order valence-electron chi connectivity index (χ4n) is 1.28. The van der Waals surface area contributed by atoms with Gasteiger partial charge in [0.15, 0.2) is 0 Å². The van der Waals surface area contributed by atoms with Crippen molar-refractivity contribution in [2.75, 3.05) is 0 Å². The smallest absolute Gasteiger partial charge is 0.141 e. The van der Waals surface area contributed by atoms with Crippen molar-refractivity contribution in [2.24, 2.45) is 5.92 Å². The molecule has 2 rings (SSSR count). The van der Waals surface area contributed by atoms with Crippen LogP contribution >= 0.6 is 11.6 Å². The second-order valence-corrected chi connectivity index (χ2v) is 4.09. The van der Waals surface area contributed by atoms with E-state index in [4.69, 9.17) is 11.6 Å². The van der Waals surface area contributed by atoms with Gasteiger partial charge in [0.2, 0.25) is 0 Å². The van der Waals surface area contributed by atoms with Crippen molar-refractivity contribution in [3.8, 4) is 0 Å². The van der Waals surface area contributed by atoms with Gasteiger partial charge in [0.1, 0.15) is 5.78 Å². The van der Waals surface area contributed by atoms with Crippen molar-refractivity contribution in [3.63, 3.8) is 0 Å². The van der Waals surface area contributed by atoms with Crippen LogP contribution in [-0.4, -0.2) is 16.0 Å². The quantitative estimate of drug-likeness (QED) is 0.766. The molecule has 0 aliphatic heterocycles. The number of aryl methyl sites for hydroxylation is 1. The second-order valence-electron chi connectivity index (χ2n) is 3.69. The minimum absolute atomic E-state index is 0.263. The monoisotopic (exact) mass is 210 g/mol. The zero-order chi connectivity index (χ0) is 10.1. The number of nitrogens with zero attached hydrogens (tertiary/aromatic N) is 2. The third-order valence-electron chi connectivity index (χ3n) is 2.36. The maximum Gasteiger partial charge on any atom is 0.141 e. The van der Waals surface area contributed by atoms with Gasteiger partial charge in [-0.3, -0.25) is 4.79 Å². The third-order valence-corrected chi connectivity index (χ3v) is 2.74. The summed E-state index contributed by atoms with van der Waals surface area (Å²) in [7, 11) is 0. The van der Waals surface area contributed by atoms with Crippen LogP contribution in [0.4, 0.5) is 0 Å². The number of hydrogen-bond donors (Lipinski definition) is 0. The summed E-state index contributed by atoms with van der Waals surface area (Å²) >= 11 is 5.88. The van der Waals surface area contributed by atoms with Gasteiger partial charge in [0.25, 0.3) is 0 Å². The molecule has 1 aliphatic carbocycles. The van der Waals surface area contributed by atoms with Crippen LogP contribution in [0, 0.1) is 12.8 Å². The minimum Gasteiger partial charge on any atom is -0.299 e. The van der Waals surface area contributed by atoms with Crippen LogP contribution in [0.25, 0.3) is 0 Å². The number of halogens is 1. The van der Waals surface area contributed by atoms with E-state index in [-0.39, 0.29) is 11.7 Å². The summed E-state index contributed by atoms with van der Waals surface area (Å²) in [5.41, 5.74) is 1.38. The molecule has 4 heteroatoms. The third kappa shape index (κ3) is 2.10. The highest BCUT2D eigenvalue weighted by atomic mass is 35.5. The zero-order valence-corrected chi connectivity index (χ0v) is 8.71. The van der Waals surface area contributed by atoms with Gasteiger partial charge in [0, 0.05) is 5.92 Å². The summed E-state index contributed by atoms with van der Waals surface area (Å²) in [6.45, 7) is 1.79. The zero-order valence-electron chi connectivity index (χ0n) is 7.96. The van der Waals surface area contributed by atoms with Gasteiger partial charge in [-0.2, -0.15) is 10.2 Å². The summed E-state index contributed by atoms with van der Waals surface area (Å²) in [5, 5.41) is 8.39. The van der Waals surface area contributed by atoms with E-state index in [0.717, 1.165) is 12.8 Å². The Morgan fingerprint density at radius 2 is 2.29 bits per heavy atom. The highest BCUT2D eigenvalue weighted by molar-refractivity contribution is 6.31. The number of aromatic nitrogens is 2. The Balaban J connectivity index is 2.08. The molecule has 14 heavy (non-hydrogen) atoms. The van der Waals surface area contributed by atoms with Crippen LogP contribution in [0.1, 0.15) is 24.2 Å². The molecule has 74 valence electrons. The number of carbonyl (C=O) groups excluding carboxylic acids is 1. The van der Waals surface area contributed by atoms with Gasteiger partial charge in [-0.15, -0.1) is 0 Å². The highest BCUT2D eigenvalue weighted by Crippen LogP contribution is 2.30. The molecule has 1 aromatic heterocycles. The lowest BCUT2D eigenvalue weighted by Gasteiger charge is -2.00. The molecule has 0 atom stereocenters. The molecule has 0 unspecified atom stereocenters. The van der Waals surface area contributed by atoms with Crippen LogP contribution in [0.5, 0.6) is 0 Å². The predicted molar refractivity (Wildman–Crippen MR) is 53.2 cm³/mol. The number of carbonyl (C=O) groups is 1. The molecule has 1 aliphatic rings. The molecule has 1 heterocycles. The molecule has 0 N–H and O–H groups in total. The standard InChI is InChI=1S/C10H11ClN2O/c1-6-9(11)4-8(13-12-6)5-10(14)7-2-3-7/h4,7H,2-3,5H2,1H3. The predicted octanol–water partition coefficient (Wildman–Crippen LogP) is 1.96. The highest BCUT2D eigenvalue weighted by Gasteiger charge is 2.29. The number of rotatable bonds is 3. The van der Waals surface area contributed by atoms with Crippen LogP contribution in [0.15, 0.2) is 6.07 Å². The van der Waals surface area contributed by atoms with E-state index in [9.17, 15) is 4.79 Å². The van der Waals surface area contributed by atoms with Crippen molar-refractivity contribution in [2.45, 2.75) is 26.2 Å². The van der Waals surface area contributed by atoms with Gasteiger partial charge in [-0.1, -0.05) is 11.6 Å². The van der Waals surface area contributed by atoms with E-state index in [1.54, 1.807) is 13.0 Å². The van der Waals surface area contributed by atoms with Crippen LogP contribution in [-0.2, 0) is 11.2 Å². The lowest BCUT2D eigenvalue weighted by atomic mass is 10.1. The molecule has 0 saturated heterocycles. The number of Topliss-reactive ketones (excluding diaryl/α,β-unsaturated/α-hetero) is 1. The lowest BCUT2D eigenvalue weighted by Crippen LogP contribution is -2.07. The average molecular weight is 211 g/mol. The summed E-state index contributed by atoms with van der Waals surface area (Å²) in [6, 6.07) is 1.73. The SMILES string of the molecule is Cc1nnc(CC(=O)C2CC2)cc1Cl. The van der Waals surface area contributed by atoms with Gasteiger partial charge < -0.3 is 0 Å². The summed E-state index contributed by atoms with van der Waals surface area (Å²) < 4.78 is 0. The van der Waals surface area contributed by atoms with Crippen LogP contribution in [0.2, 0.25) is 5.02 Å². The molecule has 1 aromatic rings. The molecular weight excluding hydrogens is 200 g/mol. The van der Waals surface area contributed by atoms with Crippen molar-refractivity contribution < 1.29 is 4.79 Å². The van der Waals surface area contributed by atoms with E-state index in [1.807, 2.05) is 0 Å². The van der Waals surface area contributed by atoms with Gasteiger partial charge in [-0.25, -0.2) is 0 Å². The van der Waals surface area contributed by atoms with Crippen molar-refractivity contribution >= 4 is 17.4 Å². The number of ketones is 1. The summed E-state index contributed by atoms with van der Waals surface area (Å²) in [5.74, 6) is 0.538. The lowest BCUT2D eigenvalue weighted by molar-refractivity contribution is -0.119. The molecule has 0 spiro atoms. The molecule has 1 fully saturated rings. The second kappa shape index (κ2) is 3.65. The molecule has 3 nitrogen and oxygen atoms in total. The normalized spacial score (nSPS) is 15.6. The molecule has 0 amide bonds. The minimum atomic E-state index is 0.263. The van der Waals surface area contributed by atoms with E-state index < -0.39 is 0 Å². The van der Waals surface area contributed by atoms with E-state index in [1.165, 1.54) is 0 Å². The molecule has 1 saturated carbocycles. The first kappa shape index (κ1) is 9.59. The largest absolute Gasteiger partial charge is 0.299 e.